The Morgan fingerprint density at radius 1 is 1.29 bits per heavy atom. The molecule has 0 radical (unpaired) electrons. The van der Waals surface area contributed by atoms with E-state index < -0.39 is 0 Å². The Hall–Kier alpha value is -2.53. The number of carbonyl (C=O) groups is 1. The number of nitrogen functional groups attached to an aromatic ring is 1. The third kappa shape index (κ3) is 3.86. The van der Waals surface area contributed by atoms with E-state index in [-0.39, 0.29) is 12.0 Å². The summed E-state index contributed by atoms with van der Waals surface area (Å²) in [6.07, 6.45) is 1.01. The molecule has 0 bridgehead atoms. The molecule has 1 unspecified atom stereocenters. The van der Waals surface area contributed by atoms with Gasteiger partial charge in [-0.25, -0.2) is 0 Å². The third-order valence-corrected chi connectivity index (χ3v) is 4.25. The quantitative estimate of drug-likeness (QED) is 0.828. The predicted molar refractivity (Wildman–Crippen MR) is 95.0 cm³/mol. The zero-order valence-electron chi connectivity index (χ0n) is 13.9. The zero-order valence-corrected chi connectivity index (χ0v) is 13.9. The molecule has 0 aliphatic carbocycles. The van der Waals surface area contributed by atoms with Gasteiger partial charge in [0.05, 0.1) is 5.56 Å². The van der Waals surface area contributed by atoms with Crippen LogP contribution < -0.4 is 15.8 Å². The summed E-state index contributed by atoms with van der Waals surface area (Å²) in [4.78, 5) is 14.3. The van der Waals surface area contributed by atoms with E-state index in [1.807, 2.05) is 6.07 Å². The number of hydrogen-bond acceptors (Lipinski definition) is 4. The summed E-state index contributed by atoms with van der Waals surface area (Å²) in [5.41, 5.74) is 8.27. The van der Waals surface area contributed by atoms with Crippen LogP contribution in [0.2, 0.25) is 0 Å². The zero-order chi connectivity index (χ0) is 16.9. The number of amides is 1. The number of ether oxygens (including phenoxy) is 1. The Bertz CT molecular complexity index is 703. The third-order valence-electron chi connectivity index (χ3n) is 4.25. The monoisotopic (exact) mass is 325 g/mol. The maximum atomic E-state index is 12.0. The molecule has 1 aliphatic rings. The highest BCUT2D eigenvalue weighted by Gasteiger charge is 2.25. The van der Waals surface area contributed by atoms with E-state index >= 15 is 0 Å². The molecule has 1 fully saturated rings. The Morgan fingerprint density at radius 2 is 2.08 bits per heavy atom. The van der Waals surface area contributed by atoms with E-state index in [4.69, 9.17) is 10.5 Å². The minimum atomic E-state index is -0.163. The first kappa shape index (κ1) is 16.3. The van der Waals surface area contributed by atoms with Crippen LogP contribution in [0.25, 0.3) is 0 Å². The van der Waals surface area contributed by atoms with Crippen LogP contribution in [0.5, 0.6) is 5.75 Å². The number of hydrogen-bond donors (Lipinski definition) is 2. The lowest BCUT2D eigenvalue weighted by Crippen LogP contribution is -2.26. The molecule has 0 spiro atoms. The molecule has 1 aliphatic heterocycles. The van der Waals surface area contributed by atoms with Crippen LogP contribution in [0.3, 0.4) is 0 Å². The van der Waals surface area contributed by atoms with Crippen molar-refractivity contribution in [3.8, 4) is 5.75 Å². The number of likely N-dealkylation sites (tertiary alicyclic amines) is 1. The van der Waals surface area contributed by atoms with Gasteiger partial charge in [-0.1, -0.05) is 30.3 Å². The fourth-order valence-electron chi connectivity index (χ4n) is 3.02. The molecule has 1 atom stereocenters. The van der Waals surface area contributed by atoms with Crippen LogP contribution in [-0.2, 0) is 6.54 Å². The maximum Gasteiger partial charge on any atom is 0.254 e. The summed E-state index contributed by atoms with van der Waals surface area (Å²) < 4.78 is 6.10. The summed E-state index contributed by atoms with van der Waals surface area (Å²) >= 11 is 0. The number of benzene rings is 2. The van der Waals surface area contributed by atoms with Crippen molar-refractivity contribution < 1.29 is 9.53 Å². The molecule has 126 valence electrons. The van der Waals surface area contributed by atoms with Crippen molar-refractivity contribution in [2.75, 3.05) is 25.9 Å². The highest BCUT2D eigenvalue weighted by molar-refractivity contribution is 5.97. The largest absolute Gasteiger partial charge is 0.488 e. The number of carbonyl (C=O) groups excluding carboxylic acids is 1. The molecular weight excluding hydrogens is 302 g/mol. The van der Waals surface area contributed by atoms with Gasteiger partial charge in [-0.2, -0.15) is 0 Å². The molecule has 5 nitrogen and oxygen atoms in total. The minimum Gasteiger partial charge on any atom is -0.488 e. The topological polar surface area (TPSA) is 67.6 Å². The van der Waals surface area contributed by atoms with Gasteiger partial charge in [0.1, 0.15) is 11.9 Å². The molecule has 3 N–H and O–H groups in total. The Labute approximate surface area is 142 Å². The molecule has 3 rings (SSSR count). The Morgan fingerprint density at radius 3 is 2.83 bits per heavy atom. The summed E-state index contributed by atoms with van der Waals surface area (Å²) in [6.45, 7) is 2.74. The van der Waals surface area contributed by atoms with Crippen LogP contribution >= 0.6 is 0 Å². The number of nitrogens with one attached hydrogen (secondary N) is 1. The average Bonchev–Trinajstić information content (AvgIpc) is 3.02. The molecule has 24 heavy (non-hydrogen) atoms. The molecular formula is C19H23N3O2. The first-order chi connectivity index (χ1) is 11.7. The van der Waals surface area contributed by atoms with E-state index in [2.05, 4.69) is 34.5 Å². The van der Waals surface area contributed by atoms with Gasteiger partial charge in [0, 0.05) is 38.4 Å². The minimum absolute atomic E-state index is 0.0684. The van der Waals surface area contributed by atoms with Crippen molar-refractivity contribution in [1.29, 1.82) is 0 Å². The van der Waals surface area contributed by atoms with Gasteiger partial charge >= 0.3 is 0 Å². The number of anilines is 1. The van der Waals surface area contributed by atoms with Crippen molar-refractivity contribution >= 4 is 11.6 Å². The number of nitrogens with zero attached hydrogens (tertiary/aromatic N) is 1. The average molecular weight is 325 g/mol. The van der Waals surface area contributed by atoms with Crippen LogP contribution in [0.15, 0.2) is 48.5 Å². The van der Waals surface area contributed by atoms with Crippen molar-refractivity contribution in [2.24, 2.45) is 0 Å². The van der Waals surface area contributed by atoms with Gasteiger partial charge in [0.15, 0.2) is 0 Å². The van der Waals surface area contributed by atoms with Gasteiger partial charge in [-0.15, -0.1) is 0 Å². The number of rotatable bonds is 5. The standard InChI is InChI=1S/C19H23N3O2/c1-21-19(23)17-8-7-15(20)11-18(17)24-16-9-10-22(13-16)12-14-5-3-2-4-6-14/h2-8,11,16H,9-10,12-13,20H2,1H3,(H,21,23). The summed E-state index contributed by atoms with van der Waals surface area (Å²) in [6, 6.07) is 15.6. The lowest BCUT2D eigenvalue weighted by Gasteiger charge is -2.18. The van der Waals surface area contributed by atoms with E-state index in [1.54, 1.807) is 25.2 Å². The van der Waals surface area contributed by atoms with Crippen LogP contribution in [-0.4, -0.2) is 37.0 Å². The van der Waals surface area contributed by atoms with Crippen LogP contribution in [0.4, 0.5) is 5.69 Å². The molecule has 5 heteroatoms. The first-order valence-electron chi connectivity index (χ1n) is 8.20. The van der Waals surface area contributed by atoms with Crippen molar-refractivity contribution in [2.45, 2.75) is 19.1 Å². The highest BCUT2D eigenvalue weighted by Crippen LogP contribution is 2.26. The smallest absolute Gasteiger partial charge is 0.254 e. The van der Waals surface area contributed by atoms with Gasteiger partial charge < -0.3 is 15.8 Å². The second-order valence-corrected chi connectivity index (χ2v) is 6.08. The predicted octanol–water partition coefficient (Wildman–Crippen LogP) is 2.28. The van der Waals surface area contributed by atoms with Crippen molar-refractivity contribution in [3.05, 3.63) is 59.7 Å². The number of nitrogens with two attached hydrogens (primary N) is 1. The lowest BCUT2D eigenvalue weighted by atomic mass is 10.1. The molecule has 1 amide bonds. The van der Waals surface area contributed by atoms with Gasteiger partial charge in [-0.3, -0.25) is 9.69 Å². The molecule has 1 heterocycles. The fourth-order valence-corrected chi connectivity index (χ4v) is 3.02. The van der Waals surface area contributed by atoms with Crippen LogP contribution in [0, 0.1) is 0 Å². The summed E-state index contributed by atoms with van der Waals surface area (Å²) in [7, 11) is 1.61. The lowest BCUT2D eigenvalue weighted by molar-refractivity contribution is 0.0956. The normalized spacial score (nSPS) is 17.6. The van der Waals surface area contributed by atoms with Gasteiger partial charge in [0.25, 0.3) is 5.91 Å². The SMILES string of the molecule is CNC(=O)c1ccc(N)cc1OC1CCN(Cc2ccccc2)C1. The second kappa shape index (κ2) is 7.36. The van der Waals surface area contributed by atoms with E-state index in [0.29, 0.717) is 17.0 Å². The molecule has 0 saturated carbocycles. The van der Waals surface area contributed by atoms with Crippen molar-refractivity contribution in [3.63, 3.8) is 0 Å². The fraction of sp³-hybridized carbons (Fsp3) is 0.316. The van der Waals surface area contributed by atoms with Crippen LogP contribution in [0.1, 0.15) is 22.3 Å². The second-order valence-electron chi connectivity index (χ2n) is 6.08. The highest BCUT2D eigenvalue weighted by atomic mass is 16.5. The van der Waals surface area contributed by atoms with E-state index in [1.165, 1.54) is 5.56 Å². The Kier molecular flexibility index (Phi) is 5.01. The molecule has 2 aromatic carbocycles. The van der Waals surface area contributed by atoms with E-state index in [0.717, 1.165) is 26.1 Å². The van der Waals surface area contributed by atoms with Gasteiger partial charge in [-0.05, 0) is 24.1 Å². The van der Waals surface area contributed by atoms with Crippen molar-refractivity contribution in [1.82, 2.24) is 10.2 Å². The Balaban J connectivity index is 1.65. The molecule has 0 aromatic heterocycles. The summed E-state index contributed by atoms with van der Waals surface area (Å²) in [5, 5.41) is 2.64. The van der Waals surface area contributed by atoms with E-state index in [9.17, 15) is 4.79 Å². The first-order valence-corrected chi connectivity index (χ1v) is 8.20. The van der Waals surface area contributed by atoms with Gasteiger partial charge in [0.2, 0.25) is 0 Å². The molecule has 1 saturated heterocycles. The summed E-state index contributed by atoms with van der Waals surface area (Å²) in [5.74, 6) is 0.394. The molecule has 2 aromatic rings. The maximum absolute atomic E-state index is 12.0.